The van der Waals surface area contributed by atoms with Gasteiger partial charge in [0.2, 0.25) is 0 Å². The van der Waals surface area contributed by atoms with Gasteiger partial charge in [-0.25, -0.2) is 0 Å². The van der Waals surface area contributed by atoms with E-state index in [1.54, 1.807) is 0 Å². The van der Waals surface area contributed by atoms with Crippen molar-refractivity contribution in [1.29, 1.82) is 0 Å². The Morgan fingerprint density at radius 2 is 1.92 bits per heavy atom. The monoisotopic (exact) mass is 226 g/mol. The molecule has 0 heterocycles. The summed E-state index contributed by atoms with van der Waals surface area (Å²) in [4.78, 5) is 0. The average molecular weight is 227 g/mol. The van der Waals surface area contributed by atoms with Gasteiger partial charge in [0.25, 0.3) is 0 Å². The van der Waals surface area contributed by atoms with Gasteiger partial charge in [-0.2, -0.15) is 25.8 Å². The second-order valence-corrected chi connectivity index (χ2v) is 3.19. The van der Waals surface area contributed by atoms with Crippen LogP contribution in [-0.2, 0) is 11.9 Å². The molecule has 0 aromatic heterocycles. The van der Waals surface area contributed by atoms with Gasteiger partial charge in [0.1, 0.15) is 0 Å². The highest BCUT2D eigenvalue weighted by molar-refractivity contribution is 7.79. The van der Waals surface area contributed by atoms with Crippen molar-refractivity contribution in [3.63, 3.8) is 0 Å². The second kappa shape index (κ2) is 3.80. The summed E-state index contributed by atoms with van der Waals surface area (Å²) in [6, 6.07) is 3.19. The summed E-state index contributed by atoms with van der Waals surface area (Å²) in [5.41, 5.74) is -0.305. The van der Waals surface area contributed by atoms with E-state index < -0.39 is 11.7 Å². The third-order valence-electron chi connectivity index (χ3n) is 1.54. The van der Waals surface area contributed by atoms with Gasteiger partial charge < -0.3 is 0 Å². The van der Waals surface area contributed by atoms with E-state index in [0.29, 0.717) is 10.6 Å². The first kappa shape index (κ1) is 10.7. The largest absolute Gasteiger partial charge is 0.416 e. The molecule has 0 radical (unpaired) electrons. The lowest BCUT2D eigenvalue weighted by Gasteiger charge is -2.08. The molecule has 0 bridgehead atoms. The third kappa shape index (κ3) is 2.54. The van der Waals surface area contributed by atoms with Crippen LogP contribution in [0.1, 0.15) is 11.1 Å². The smallest absolute Gasteiger partial charge is 0.174 e. The molecule has 0 amide bonds. The zero-order valence-electron chi connectivity index (χ0n) is 6.40. The van der Waals surface area contributed by atoms with E-state index >= 15 is 0 Å². The highest BCUT2D eigenvalue weighted by atomic mass is 35.5. The second-order valence-electron chi connectivity index (χ2n) is 2.46. The lowest BCUT2D eigenvalue weighted by atomic mass is 10.1. The van der Waals surface area contributed by atoms with Crippen LogP contribution in [-0.4, -0.2) is 0 Å². The van der Waals surface area contributed by atoms with E-state index in [4.69, 9.17) is 11.6 Å². The van der Waals surface area contributed by atoms with Crippen LogP contribution in [0.15, 0.2) is 18.2 Å². The quantitative estimate of drug-likeness (QED) is 0.692. The van der Waals surface area contributed by atoms with Gasteiger partial charge >= 0.3 is 6.18 Å². The van der Waals surface area contributed by atoms with Crippen molar-refractivity contribution < 1.29 is 13.2 Å². The molecule has 0 spiro atoms. The summed E-state index contributed by atoms with van der Waals surface area (Å²) >= 11 is 9.50. The topological polar surface area (TPSA) is 0 Å². The van der Waals surface area contributed by atoms with E-state index in [1.807, 2.05) is 0 Å². The highest BCUT2D eigenvalue weighted by Gasteiger charge is 2.30. The van der Waals surface area contributed by atoms with Crippen LogP contribution >= 0.6 is 24.2 Å². The SMILES string of the molecule is FC(F)(F)c1ccc(Cl)c(CS)c1. The number of rotatable bonds is 1. The molecule has 0 N–H and O–H groups in total. The summed E-state index contributed by atoms with van der Waals surface area (Å²) in [6.07, 6.45) is -4.32. The highest BCUT2D eigenvalue weighted by Crippen LogP contribution is 2.32. The minimum Gasteiger partial charge on any atom is -0.174 e. The van der Waals surface area contributed by atoms with Gasteiger partial charge in [-0.15, -0.1) is 0 Å². The van der Waals surface area contributed by atoms with E-state index in [1.165, 1.54) is 6.07 Å². The van der Waals surface area contributed by atoms with Gasteiger partial charge in [-0.05, 0) is 23.8 Å². The Labute approximate surface area is 84.1 Å². The first-order valence-electron chi connectivity index (χ1n) is 3.41. The maximum Gasteiger partial charge on any atom is 0.416 e. The van der Waals surface area contributed by atoms with Crippen molar-refractivity contribution in [3.8, 4) is 0 Å². The van der Waals surface area contributed by atoms with Crippen molar-refractivity contribution >= 4 is 24.2 Å². The Kier molecular flexibility index (Phi) is 3.14. The van der Waals surface area contributed by atoms with Crippen molar-refractivity contribution in [2.45, 2.75) is 11.9 Å². The lowest BCUT2D eigenvalue weighted by Crippen LogP contribution is -2.05. The minimum absolute atomic E-state index is 0.197. The van der Waals surface area contributed by atoms with E-state index in [9.17, 15) is 13.2 Å². The average Bonchev–Trinajstić information content (AvgIpc) is 2.03. The molecule has 0 unspecified atom stereocenters. The zero-order valence-corrected chi connectivity index (χ0v) is 8.05. The predicted octanol–water partition coefficient (Wildman–Crippen LogP) is 3.79. The van der Waals surface area contributed by atoms with Crippen LogP contribution in [0.2, 0.25) is 5.02 Å². The molecule has 1 rings (SSSR count). The fraction of sp³-hybridized carbons (Fsp3) is 0.250. The molecule has 0 fully saturated rings. The molecule has 1 aromatic carbocycles. The van der Waals surface area contributed by atoms with Crippen molar-refractivity contribution in [1.82, 2.24) is 0 Å². The molecule has 0 atom stereocenters. The van der Waals surface area contributed by atoms with Crippen molar-refractivity contribution in [2.75, 3.05) is 0 Å². The van der Waals surface area contributed by atoms with Crippen LogP contribution in [0.5, 0.6) is 0 Å². The van der Waals surface area contributed by atoms with Crippen molar-refractivity contribution in [2.24, 2.45) is 0 Å². The Morgan fingerprint density at radius 1 is 1.31 bits per heavy atom. The number of thiol groups is 1. The minimum atomic E-state index is -4.32. The molecule has 0 saturated heterocycles. The Balaban J connectivity index is 3.14. The first-order chi connectivity index (χ1) is 5.95. The lowest BCUT2D eigenvalue weighted by molar-refractivity contribution is -0.137. The molecule has 0 saturated carbocycles. The molecule has 5 heteroatoms. The van der Waals surface area contributed by atoms with Gasteiger partial charge in [-0.3, -0.25) is 0 Å². The Hall–Kier alpha value is -0.350. The number of benzene rings is 1. The summed E-state index contributed by atoms with van der Waals surface area (Å²) in [6.45, 7) is 0. The Morgan fingerprint density at radius 3 is 2.38 bits per heavy atom. The number of hydrogen-bond donors (Lipinski definition) is 1. The number of alkyl halides is 3. The van der Waals surface area contributed by atoms with Gasteiger partial charge in [0.05, 0.1) is 5.56 Å². The van der Waals surface area contributed by atoms with E-state index in [-0.39, 0.29) is 5.75 Å². The van der Waals surface area contributed by atoms with Crippen LogP contribution < -0.4 is 0 Å². The molecule has 1 aromatic rings. The van der Waals surface area contributed by atoms with E-state index in [0.717, 1.165) is 12.1 Å². The summed E-state index contributed by atoms with van der Waals surface area (Å²) in [5.74, 6) is 0.197. The maximum absolute atomic E-state index is 12.2. The van der Waals surface area contributed by atoms with Gasteiger partial charge in [0.15, 0.2) is 0 Å². The summed E-state index contributed by atoms with van der Waals surface area (Å²) in [7, 11) is 0. The molecular formula is C8H6ClF3S. The summed E-state index contributed by atoms with van der Waals surface area (Å²) in [5, 5.41) is 0.308. The van der Waals surface area contributed by atoms with Gasteiger partial charge in [-0.1, -0.05) is 11.6 Å². The van der Waals surface area contributed by atoms with Crippen LogP contribution in [0.3, 0.4) is 0 Å². The van der Waals surface area contributed by atoms with Crippen LogP contribution in [0, 0.1) is 0 Å². The van der Waals surface area contributed by atoms with Crippen LogP contribution in [0.25, 0.3) is 0 Å². The van der Waals surface area contributed by atoms with Crippen molar-refractivity contribution in [3.05, 3.63) is 34.3 Å². The molecule has 72 valence electrons. The molecule has 13 heavy (non-hydrogen) atoms. The fourth-order valence-corrected chi connectivity index (χ4v) is 1.41. The predicted molar refractivity (Wildman–Crippen MR) is 49.1 cm³/mol. The fourth-order valence-electron chi connectivity index (χ4n) is 0.872. The molecule has 0 aliphatic rings. The van der Waals surface area contributed by atoms with Crippen LogP contribution in [0.4, 0.5) is 13.2 Å². The standard InChI is InChI=1S/C8H6ClF3S/c9-7-2-1-6(8(10,11)12)3-5(7)4-13/h1-3,13H,4H2. The number of hydrogen-bond acceptors (Lipinski definition) is 1. The maximum atomic E-state index is 12.2. The molecule has 0 aliphatic carbocycles. The number of halogens is 4. The third-order valence-corrected chi connectivity index (χ3v) is 2.25. The van der Waals surface area contributed by atoms with Gasteiger partial charge in [0, 0.05) is 10.8 Å². The first-order valence-corrected chi connectivity index (χ1v) is 4.42. The normalized spacial score (nSPS) is 11.8. The van der Waals surface area contributed by atoms with E-state index in [2.05, 4.69) is 12.6 Å². The molecule has 0 nitrogen and oxygen atoms in total. The zero-order chi connectivity index (χ0) is 10.1. The molecular weight excluding hydrogens is 221 g/mol. The summed E-state index contributed by atoms with van der Waals surface area (Å²) < 4.78 is 36.5. The molecule has 0 aliphatic heterocycles. The Bertz CT molecular complexity index is 309.